The number of aromatic amines is 1. The molecule has 7 rings (SSSR count). The van der Waals surface area contributed by atoms with Crippen molar-refractivity contribution < 1.29 is 22.9 Å². The largest absolute Gasteiger partial charge is 0.458 e. The fourth-order valence-electron chi connectivity index (χ4n) is 7.45. The number of carbonyl (C=O) groups excluding carboxylic acids is 1. The summed E-state index contributed by atoms with van der Waals surface area (Å²) in [6.07, 6.45) is 6.43. The predicted octanol–water partition coefficient (Wildman–Crippen LogP) is 7.66. The van der Waals surface area contributed by atoms with E-state index in [4.69, 9.17) is 14.7 Å². The van der Waals surface area contributed by atoms with E-state index in [9.17, 15) is 23.3 Å². The van der Waals surface area contributed by atoms with Gasteiger partial charge in [-0.1, -0.05) is 60.7 Å². The van der Waals surface area contributed by atoms with Crippen LogP contribution in [0.3, 0.4) is 0 Å². The first kappa shape index (κ1) is 39.4. The van der Waals surface area contributed by atoms with Crippen LogP contribution in [-0.4, -0.2) is 60.6 Å². The Morgan fingerprint density at radius 2 is 1.68 bits per heavy atom. The maximum Gasteiger partial charge on any atom is 0.331 e. The number of hydrogen-bond acceptors (Lipinski definition) is 10. The molecule has 2 unspecified atom stereocenters. The molecule has 294 valence electrons. The van der Waals surface area contributed by atoms with Crippen molar-refractivity contribution in [2.75, 3.05) is 6.54 Å². The lowest BCUT2D eigenvalue weighted by Crippen LogP contribution is -2.43. The SMILES string of the molecule is CC(C)(C)OC(=O)C(c1nc2ccccc2[nH]1)N(CCc1cccc(CN(Cc2ccccn2)S(=O)(=O)c2ccccc2[N+](=O)[O-])c1)C1CCCc2cccnc21. The number of sulfonamides is 1. The molecule has 0 saturated heterocycles. The van der Waals surface area contributed by atoms with Gasteiger partial charge < -0.3 is 9.72 Å². The Morgan fingerprint density at radius 1 is 0.930 bits per heavy atom. The number of rotatable bonds is 14. The molecule has 0 bridgehead atoms. The van der Waals surface area contributed by atoms with Crippen LogP contribution in [0.15, 0.2) is 120 Å². The van der Waals surface area contributed by atoms with Gasteiger partial charge in [0.2, 0.25) is 0 Å². The van der Waals surface area contributed by atoms with Gasteiger partial charge in [-0.2, -0.15) is 4.31 Å². The highest BCUT2D eigenvalue weighted by Gasteiger charge is 2.40. The Kier molecular flexibility index (Phi) is 11.6. The van der Waals surface area contributed by atoms with Crippen LogP contribution in [0, 0.1) is 10.1 Å². The Bertz CT molecular complexity index is 2450. The number of nitro groups is 1. The number of imidazole rings is 1. The van der Waals surface area contributed by atoms with Crippen molar-refractivity contribution in [3.05, 3.63) is 160 Å². The van der Waals surface area contributed by atoms with E-state index >= 15 is 0 Å². The van der Waals surface area contributed by atoms with E-state index in [0.717, 1.165) is 47.1 Å². The minimum atomic E-state index is -4.36. The van der Waals surface area contributed by atoms with Crippen LogP contribution in [-0.2, 0) is 45.5 Å². The zero-order valence-electron chi connectivity index (χ0n) is 32.1. The van der Waals surface area contributed by atoms with Gasteiger partial charge >= 0.3 is 5.97 Å². The number of aromatic nitrogens is 4. The number of pyridine rings is 2. The number of benzene rings is 3. The number of para-hydroxylation sites is 3. The minimum absolute atomic E-state index is 0.0675. The Hall–Kier alpha value is -5.83. The smallest absolute Gasteiger partial charge is 0.331 e. The molecule has 1 aliphatic carbocycles. The molecule has 3 heterocycles. The topological polar surface area (TPSA) is 165 Å². The van der Waals surface area contributed by atoms with Gasteiger partial charge in [0.25, 0.3) is 15.7 Å². The van der Waals surface area contributed by atoms with E-state index in [1.807, 2.05) is 75.4 Å². The first-order chi connectivity index (χ1) is 27.4. The number of H-pyrrole nitrogens is 1. The molecule has 14 heteroatoms. The van der Waals surface area contributed by atoms with Gasteiger partial charge in [0, 0.05) is 31.5 Å². The Balaban J connectivity index is 1.24. The summed E-state index contributed by atoms with van der Waals surface area (Å²) >= 11 is 0. The van der Waals surface area contributed by atoms with Gasteiger partial charge in [-0.25, -0.2) is 18.2 Å². The molecule has 13 nitrogen and oxygen atoms in total. The highest BCUT2D eigenvalue weighted by Crippen LogP contribution is 2.39. The van der Waals surface area contributed by atoms with Gasteiger partial charge in [0.15, 0.2) is 10.9 Å². The van der Waals surface area contributed by atoms with Gasteiger partial charge in [-0.05, 0) is 99.5 Å². The van der Waals surface area contributed by atoms with Crippen LogP contribution >= 0.6 is 0 Å². The summed E-state index contributed by atoms with van der Waals surface area (Å²) in [5, 5.41) is 11.9. The number of ether oxygens (including phenoxy) is 1. The van der Waals surface area contributed by atoms with Crippen LogP contribution in [0.4, 0.5) is 5.69 Å². The molecule has 3 aromatic heterocycles. The van der Waals surface area contributed by atoms with E-state index in [0.29, 0.717) is 30.0 Å². The number of carbonyl (C=O) groups is 1. The molecular formula is C43H45N7O6S. The lowest BCUT2D eigenvalue weighted by Gasteiger charge is -2.39. The number of esters is 1. The van der Waals surface area contributed by atoms with Crippen molar-refractivity contribution in [3.8, 4) is 0 Å². The Labute approximate surface area is 332 Å². The van der Waals surface area contributed by atoms with Crippen molar-refractivity contribution in [3.63, 3.8) is 0 Å². The fourth-order valence-corrected chi connectivity index (χ4v) is 9.00. The molecule has 0 aliphatic heterocycles. The number of aryl methyl sites for hydroxylation is 1. The average molecular weight is 788 g/mol. The van der Waals surface area contributed by atoms with E-state index < -0.39 is 43.1 Å². The van der Waals surface area contributed by atoms with Crippen molar-refractivity contribution in [1.82, 2.24) is 29.1 Å². The van der Waals surface area contributed by atoms with Crippen LogP contribution in [0.1, 0.15) is 79.6 Å². The fraction of sp³-hybridized carbons (Fsp3) is 0.302. The van der Waals surface area contributed by atoms with Crippen LogP contribution in [0.5, 0.6) is 0 Å². The van der Waals surface area contributed by atoms with Crippen LogP contribution < -0.4 is 0 Å². The highest BCUT2D eigenvalue weighted by molar-refractivity contribution is 7.89. The lowest BCUT2D eigenvalue weighted by atomic mass is 9.89. The second-order valence-corrected chi connectivity index (χ2v) is 17.1. The summed E-state index contributed by atoms with van der Waals surface area (Å²) in [6, 6.07) is 28.8. The number of nitrogens with zero attached hydrogens (tertiary/aromatic N) is 6. The van der Waals surface area contributed by atoms with Gasteiger partial charge in [0.05, 0.1) is 39.9 Å². The number of hydrogen-bond donors (Lipinski definition) is 1. The molecule has 2 atom stereocenters. The number of nitro benzene ring substituents is 1. The van der Waals surface area contributed by atoms with Crippen molar-refractivity contribution in [1.29, 1.82) is 0 Å². The van der Waals surface area contributed by atoms with Crippen molar-refractivity contribution >= 4 is 32.7 Å². The lowest BCUT2D eigenvalue weighted by molar-refractivity contribution is -0.387. The van der Waals surface area contributed by atoms with Gasteiger partial charge in [-0.15, -0.1) is 0 Å². The quantitative estimate of drug-likeness (QED) is 0.0659. The third kappa shape index (κ3) is 9.09. The summed E-state index contributed by atoms with van der Waals surface area (Å²) < 4.78 is 35.7. The van der Waals surface area contributed by atoms with Crippen LogP contribution in [0.25, 0.3) is 11.0 Å². The molecule has 0 radical (unpaired) electrons. The second-order valence-electron chi connectivity index (χ2n) is 15.2. The second kappa shape index (κ2) is 16.7. The average Bonchev–Trinajstić information content (AvgIpc) is 3.62. The van der Waals surface area contributed by atoms with E-state index in [1.54, 1.807) is 30.6 Å². The van der Waals surface area contributed by atoms with Gasteiger partial charge in [0.1, 0.15) is 11.4 Å². The first-order valence-corrected chi connectivity index (χ1v) is 20.4. The number of nitrogens with one attached hydrogen (secondary N) is 1. The summed E-state index contributed by atoms with van der Waals surface area (Å²) in [7, 11) is -4.36. The molecule has 0 fully saturated rings. The monoisotopic (exact) mass is 787 g/mol. The normalized spacial score (nSPS) is 15.1. The van der Waals surface area contributed by atoms with Crippen molar-refractivity contribution in [2.45, 2.75) is 82.1 Å². The standard InChI is InChI=1S/C43H45N7O6S/c1-43(2,3)56-42(51)40(41-46-34-18-4-5-19-35(34)47-41)49(37-21-11-15-32-16-12-25-45-39(32)37)26-23-30-13-10-14-31(27-30)28-48(29-33-17-8-9-24-44-33)57(54,55)38-22-7-6-20-36(38)50(52)53/h4-10,12-14,16-20,22,24-25,27,37,40H,11,15,21,23,26,28-29H2,1-3H3,(H,46,47). The maximum atomic E-state index is 14.4. The number of fused-ring (bicyclic) bond motifs is 2. The summed E-state index contributed by atoms with van der Waals surface area (Å²) in [5.41, 5.74) is 4.43. The van der Waals surface area contributed by atoms with E-state index in [-0.39, 0.29) is 19.1 Å². The molecule has 57 heavy (non-hydrogen) atoms. The highest BCUT2D eigenvalue weighted by atomic mass is 32.2. The summed E-state index contributed by atoms with van der Waals surface area (Å²) in [5.74, 6) is 0.0522. The Morgan fingerprint density at radius 3 is 2.46 bits per heavy atom. The maximum absolute atomic E-state index is 14.4. The third-order valence-corrected chi connectivity index (χ3v) is 11.8. The molecule has 1 N–H and O–H groups in total. The minimum Gasteiger partial charge on any atom is -0.458 e. The molecule has 1 aliphatic rings. The molecule has 0 saturated carbocycles. The van der Waals surface area contributed by atoms with Crippen molar-refractivity contribution in [2.24, 2.45) is 0 Å². The molecular weight excluding hydrogens is 743 g/mol. The molecule has 0 spiro atoms. The summed E-state index contributed by atoms with van der Waals surface area (Å²) in [6.45, 7) is 5.79. The summed E-state index contributed by atoms with van der Waals surface area (Å²) in [4.78, 5) is 44.9. The first-order valence-electron chi connectivity index (χ1n) is 19.0. The van der Waals surface area contributed by atoms with E-state index in [1.165, 1.54) is 28.6 Å². The predicted molar refractivity (Wildman–Crippen MR) is 215 cm³/mol. The zero-order chi connectivity index (χ0) is 40.2. The van der Waals surface area contributed by atoms with Crippen LogP contribution in [0.2, 0.25) is 0 Å². The molecule has 3 aromatic carbocycles. The van der Waals surface area contributed by atoms with Gasteiger partial charge in [-0.3, -0.25) is 25.0 Å². The third-order valence-electron chi connectivity index (χ3n) is 9.95. The molecule has 0 amide bonds. The van der Waals surface area contributed by atoms with E-state index in [2.05, 4.69) is 20.9 Å². The zero-order valence-corrected chi connectivity index (χ0v) is 32.9. The molecule has 6 aromatic rings.